The Balaban J connectivity index is 0.000000644. The number of hydrogen-bond acceptors (Lipinski definition) is 2. The fourth-order valence-electron chi connectivity index (χ4n) is 5.31. The van der Waals surface area contributed by atoms with E-state index in [4.69, 9.17) is 13.2 Å². The number of allylic oxidation sites excluding steroid dienone is 6. The van der Waals surface area contributed by atoms with Crippen LogP contribution in [0, 0.1) is 149 Å². The Morgan fingerprint density at radius 2 is 0.667 bits per heavy atom. The molecule has 0 aliphatic carbocycles. The van der Waals surface area contributed by atoms with Crippen LogP contribution in [-0.2, 0) is 9.13 Å². The van der Waals surface area contributed by atoms with Crippen molar-refractivity contribution >= 4 is 35.5 Å². The third-order valence-corrected chi connectivity index (χ3v) is 15.3. The summed E-state index contributed by atoms with van der Waals surface area (Å²) in [5, 5.41) is 2.78. The molecule has 0 aliphatic rings. The third-order valence-electron chi connectivity index (χ3n) is 10.4. The van der Waals surface area contributed by atoms with Crippen LogP contribution < -0.4 is 21.2 Å². The van der Waals surface area contributed by atoms with Crippen LogP contribution in [-0.4, -0.2) is 0 Å². The van der Waals surface area contributed by atoms with Crippen LogP contribution in [0.5, 0.6) is 0 Å². The maximum atomic E-state index is 14.2. The fourth-order valence-corrected chi connectivity index (χ4v) is 9.36. The maximum Gasteiger partial charge on any atom is 0.211 e. The summed E-state index contributed by atoms with van der Waals surface area (Å²) in [6.45, 7) is 45.4. The van der Waals surface area contributed by atoms with Crippen molar-refractivity contribution in [2.45, 2.75) is 83.1 Å². The van der Waals surface area contributed by atoms with Gasteiger partial charge in [0.1, 0.15) is 0 Å². The molecule has 5 aromatic rings. The van der Waals surface area contributed by atoms with Gasteiger partial charge in [-0.1, -0.05) is 222 Å². The molecular formula is C60H68O2P2Tb2-4. The summed E-state index contributed by atoms with van der Waals surface area (Å²) in [5.74, 6) is 6.27. The van der Waals surface area contributed by atoms with Gasteiger partial charge in [-0.3, -0.25) is 22.3 Å². The number of rotatable bonds is 6. The SMILES string of the molecule is O=P(C#Cc1cccc(C#CP(=O)(c2ccccc2)c2ccccc2)c1)(c1ccccc1)c1ccccc1.[CH-]=C(C=C([CH2-])C(C)(C)C)C(C)(C)C.[CH-]=C(C=C([CH2-])C(C)(C)C)C(C)(C)C.[Tb].[Tb]. The quantitative estimate of drug-likeness (QED) is 0.0735. The molecule has 2 radical (unpaired) electrons. The molecule has 0 spiro atoms. The van der Waals surface area contributed by atoms with Crippen LogP contribution in [0.25, 0.3) is 0 Å². The van der Waals surface area contributed by atoms with Gasteiger partial charge in [-0.05, 0) is 51.2 Å². The molecule has 0 saturated heterocycles. The summed E-state index contributed by atoms with van der Waals surface area (Å²) in [6, 6.07) is 44.9. The van der Waals surface area contributed by atoms with Gasteiger partial charge in [-0.2, -0.15) is 0 Å². The average Bonchev–Trinajstić information content (AvgIpc) is 3.25. The Morgan fingerprint density at radius 3 is 0.879 bits per heavy atom. The summed E-state index contributed by atoms with van der Waals surface area (Å²) >= 11 is 0. The Kier molecular flexibility index (Phi) is 24.6. The van der Waals surface area contributed by atoms with Gasteiger partial charge < -0.3 is 0 Å². The molecule has 0 atom stereocenters. The van der Waals surface area contributed by atoms with Crippen LogP contribution in [0.4, 0.5) is 0 Å². The Hall–Kier alpha value is -3.05. The van der Waals surface area contributed by atoms with Crippen molar-refractivity contribution in [1.82, 2.24) is 0 Å². The molecule has 352 valence electrons. The van der Waals surface area contributed by atoms with E-state index in [1.165, 1.54) is 0 Å². The van der Waals surface area contributed by atoms with Crippen LogP contribution >= 0.6 is 14.3 Å². The molecule has 5 rings (SSSR count). The van der Waals surface area contributed by atoms with Crippen molar-refractivity contribution < 1.29 is 86.4 Å². The molecule has 0 fully saturated rings. The smallest absolute Gasteiger partial charge is 0.211 e. The van der Waals surface area contributed by atoms with Crippen molar-refractivity contribution in [2.75, 3.05) is 0 Å². The summed E-state index contributed by atoms with van der Waals surface area (Å²) in [6.07, 6.45) is 4.00. The van der Waals surface area contributed by atoms with Crippen molar-refractivity contribution in [3.8, 4) is 23.2 Å². The van der Waals surface area contributed by atoms with E-state index >= 15 is 0 Å². The second kappa shape index (κ2) is 26.6. The minimum Gasteiger partial charge on any atom is -0.300 e. The van der Waals surface area contributed by atoms with Crippen molar-refractivity contribution in [3.05, 3.63) is 218 Å². The molecule has 2 nitrogen and oxygen atoms in total. The zero-order valence-corrected chi connectivity index (χ0v) is 47.0. The van der Waals surface area contributed by atoms with E-state index in [2.05, 4.69) is 120 Å². The first-order chi connectivity index (χ1) is 29.7. The summed E-state index contributed by atoms with van der Waals surface area (Å²) in [4.78, 5) is 0. The van der Waals surface area contributed by atoms with Gasteiger partial charge in [0.05, 0.1) is 0 Å². The summed E-state index contributed by atoms with van der Waals surface area (Å²) in [7, 11) is -6.34. The topological polar surface area (TPSA) is 34.1 Å². The molecule has 6 heteroatoms. The largest absolute Gasteiger partial charge is 0.300 e. The Labute approximate surface area is 462 Å². The van der Waals surface area contributed by atoms with Gasteiger partial charge in [-0.15, -0.1) is 0 Å². The normalized spacial score (nSPS) is 12.0. The van der Waals surface area contributed by atoms with Crippen LogP contribution in [0.2, 0.25) is 0 Å². The van der Waals surface area contributed by atoms with E-state index in [-0.39, 0.29) is 98.9 Å². The van der Waals surface area contributed by atoms with E-state index in [1.807, 2.05) is 158 Å². The molecule has 0 saturated carbocycles. The number of hydrogen-bond donors (Lipinski definition) is 0. The van der Waals surface area contributed by atoms with Crippen molar-refractivity contribution in [2.24, 2.45) is 21.7 Å². The molecule has 0 aromatic heterocycles. The van der Waals surface area contributed by atoms with Gasteiger partial charge in [0.2, 0.25) is 14.3 Å². The minimum absolute atomic E-state index is 0. The Morgan fingerprint density at radius 1 is 0.424 bits per heavy atom. The molecule has 0 N–H and O–H groups in total. The van der Waals surface area contributed by atoms with Crippen LogP contribution in [0.15, 0.2) is 180 Å². The second-order valence-electron chi connectivity index (χ2n) is 19.9. The zero-order valence-electron chi connectivity index (χ0n) is 41.0. The molecule has 5 aromatic carbocycles. The first-order valence-corrected chi connectivity index (χ1v) is 25.0. The first kappa shape index (κ1) is 61.0. The molecule has 0 aliphatic heterocycles. The van der Waals surface area contributed by atoms with E-state index in [9.17, 15) is 9.13 Å². The zero-order chi connectivity index (χ0) is 48.0. The second-order valence-corrected chi connectivity index (χ2v) is 24.8. The fraction of sp³-hybridized carbons (Fsp3) is 0.267. The monoisotopic (exact) mass is 1200 g/mol. The van der Waals surface area contributed by atoms with E-state index < -0.39 is 14.3 Å². The van der Waals surface area contributed by atoms with Gasteiger partial charge in [0.25, 0.3) is 0 Å². The summed E-state index contributed by atoms with van der Waals surface area (Å²) < 4.78 is 28.4. The van der Waals surface area contributed by atoms with Gasteiger partial charge in [0, 0.05) is 110 Å². The summed E-state index contributed by atoms with van der Waals surface area (Å²) in [5.41, 5.74) is 11.8. The van der Waals surface area contributed by atoms with Gasteiger partial charge in [0.15, 0.2) is 0 Å². The molecule has 0 heterocycles. The minimum atomic E-state index is -3.17. The van der Waals surface area contributed by atoms with Gasteiger partial charge in [-0.25, -0.2) is 48.3 Å². The van der Waals surface area contributed by atoms with Crippen LogP contribution in [0.1, 0.15) is 94.2 Å². The maximum absolute atomic E-state index is 14.2. The molecule has 0 unspecified atom stereocenters. The molecule has 0 amide bonds. The van der Waals surface area contributed by atoms with Crippen molar-refractivity contribution in [3.63, 3.8) is 0 Å². The average molecular weight is 1200 g/mol. The van der Waals surface area contributed by atoms with Gasteiger partial charge >= 0.3 is 0 Å². The van der Waals surface area contributed by atoms with E-state index in [0.717, 1.165) is 22.3 Å². The third kappa shape index (κ3) is 19.2. The van der Waals surface area contributed by atoms with E-state index in [0.29, 0.717) is 32.3 Å². The molecular weight excluding hydrogens is 1130 g/mol. The number of benzene rings is 5. The van der Waals surface area contributed by atoms with Crippen LogP contribution in [0.3, 0.4) is 0 Å². The predicted octanol–water partition coefficient (Wildman–Crippen LogP) is 14.7. The standard InChI is InChI=1S/C34H24O2P2.2C13H22.2Tb/c35-37(31-16-5-1-6-17-31,32-18-7-2-8-19-32)26-24-29-14-13-15-30(28-29)25-27-38(36,33-20-9-3-10-21-33)34-22-11-4-12-23-34;2*1-10(12(3,4)5)9-11(2)13(6,7)8;;/h1-23,28H;2*1,9H,2H2,3-8H3;;/q;2*-2;;. The molecule has 0 bridgehead atoms. The Bertz CT molecular complexity index is 2360. The molecule has 66 heavy (non-hydrogen) atoms. The van der Waals surface area contributed by atoms with E-state index in [1.54, 1.807) is 0 Å². The first-order valence-electron chi connectivity index (χ1n) is 21.6. The predicted molar refractivity (Wildman–Crippen MR) is 280 cm³/mol. The van der Waals surface area contributed by atoms with Crippen molar-refractivity contribution in [1.29, 1.82) is 0 Å².